The van der Waals surface area contributed by atoms with E-state index < -0.39 is 0 Å². The Morgan fingerprint density at radius 2 is 1.00 bits per heavy atom. The number of aromatic hydroxyl groups is 2. The minimum absolute atomic E-state index is 0.0872. The molecule has 0 aliphatic carbocycles. The van der Waals surface area contributed by atoms with Crippen LogP contribution in [0.2, 0.25) is 0 Å². The predicted octanol–water partition coefficient (Wildman–Crippen LogP) is 4.16. The quantitative estimate of drug-likeness (QED) is 0.432. The van der Waals surface area contributed by atoms with Gasteiger partial charge < -0.3 is 10.2 Å². The standard InChI is InChI=1S/C25H18N6O2/c32-24-16(7-5-13-22(24)30-20-11-3-1-9-18(20)26-28-30)15-17-8-6-14-23(25(17)33)31-21-12-4-2-10-19(21)27-29-31/h1-14,32-33H,15H2. The lowest BCUT2D eigenvalue weighted by molar-refractivity contribution is 0.458. The molecule has 8 heteroatoms. The summed E-state index contributed by atoms with van der Waals surface area (Å²) in [4.78, 5) is 0. The van der Waals surface area contributed by atoms with E-state index in [0.717, 1.165) is 22.1 Å². The summed E-state index contributed by atoms with van der Waals surface area (Å²) in [6, 6.07) is 26.1. The summed E-state index contributed by atoms with van der Waals surface area (Å²) in [5, 5.41) is 38.9. The van der Waals surface area contributed by atoms with Gasteiger partial charge in [-0.15, -0.1) is 10.2 Å². The number of rotatable bonds is 4. The zero-order valence-corrected chi connectivity index (χ0v) is 17.4. The highest BCUT2D eigenvalue weighted by atomic mass is 16.3. The lowest BCUT2D eigenvalue weighted by atomic mass is 10.0. The van der Waals surface area contributed by atoms with Gasteiger partial charge in [-0.3, -0.25) is 0 Å². The van der Waals surface area contributed by atoms with Crippen molar-refractivity contribution in [1.82, 2.24) is 30.0 Å². The Hall–Kier alpha value is -4.72. The maximum atomic E-state index is 11.1. The van der Waals surface area contributed by atoms with Gasteiger partial charge in [-0.2, -0.15) is 0 Å². The lowest BCUT2D eigenvalue weighted by Gasteiger charge is -2.13. The van der Waals surface area contributed by atoms with Crippen molar-refractivity contribution >= 4 is 22.1 Å². The fraction of sp³-hybridized carbons (Fsp3) is 0.0400. The molecule has 0 spiro atoms. The van der Waals surface area contributed by atoms with Gasteiger partial charge in [0.15, 0.2) is 0 Å². The molecule has 160 valence electrons. The second-order valence-electron chi connectivity index (χ2n) is 7.73. The molecule has 6 rings (SSSR count). The van der Waals surface area contributed by atoms with Gasteiger partial charge in [0.2, 0.25) is 0 Å². The second kappa shape index (κ2) is 7.45. The maximum absolute atomic E-state index is 11.1. The Morgan fingerprint density at radius 1 is 0.545 bits per heavy atom. The van der Waals surface area contributed by atoms with Crippen molar-refractivity contribution < 1.29 is 10.2 Å². The van der Waals surface area contributed by atoms with Crippen LogP contribution in [0.15, 0.2) is 84.9 Å². The number of phenolic OH excluding ortho intramolecular Hbond substituents is 2. The Balaban J connectivity index is 1.41. The SMILES string of the molecule is Oc1c(Cc2cccc(-n3nnc4ccccc43)c2O)cccc1-n1nnc2ccccc21. The molecule has 33 heavy (non-hydrogen) atoms. The fourth-order valence-corrected chi connectivity index (χ4v) is 4.08. The van der Waals surface area contributed by atoms with E-state index in [1.54, 1.807) is 21.5 Å². The normalized spacial score (nSPS) is 11.4. The van der Waals surface area contributed by atoms with E-state index >= 15 is 0 Å². The van der Waals surface area contributed by atoms with Crippen LogP contribution < -0.4 is 0 Å². The summed E-state index contributed by atoms with van der Waals surface area (Å²) in [5.41, 5.74) is 5.45. The van der Waals surface area contributed by atoms with Crippen LogP contribution in [0, 0.1) is 0 Å². The molecule has 0 unspecified atom stereocenters. The number of hydrogen-bond donors (Lipinski definition) is 2. The molecule has 4 aromatic carbocycles. The van der Waals surface area contributed by atoms with Crippen LogP contribution in [0.4, 0.5) is 0 Å². The molecule has 0 aliphatic rings. The largest absolute Gasteiger partial charge is 0.505 e. The summed E-state index contributed by atoms with van der Waals surface area (Å²) < 4.78 is 3.23. The first-order valence-corrected chi connectivity index (χ1v) is 10.4. The molecular weight excluding hydrogens is 416 g/mol. The van der Waals surface area contributed by atoms with Crippen molar-refractivity contribution in [3.8, 4) is 22.9 Å². The van der Waals surface area contributed by atoms with E-state index in [2.05, 4.69) is 20.6 Å². The molecule has 0 amide bonds. The third-order valence-electron chi connectivity index (χ3n) is 5.74. The van der Waals surface area contributed by atoms with Crippen molar-refractivity contribution in [2.45, 2.75) is 6.42 Å². The van der Waals surface area contributed by atoms with E-state index in [1.165, 1.54) is 0 Å². The zero-order valence-electron chi connectivity index (χ0n) is 17.4. The van der Waals surface area contributed by atoms with Crippen LogP contribution in [-0.2, 0) is 6.42 Å². The molecule has 0 saturated heterocycles. The van der Waals surface area contributed by atoms with Gasteiger partial charge in [0.25, 0.3) is 0 Å². The van der Waals surface area contributed by atoms with Crippen molar-refractivity contribution in [1.29, 1.82) is 0 Å². The molecule has 2 heterocycles. The van der Waals surface area contributed by atoms with Crippen LogP contribution in [0.1, 0.15) is 11.1 Å². The minimum Gasteiger partial charge on any atom is -0.505 e. The highest BCUT2D eigenvalue weighted by Crippen LogP contribution is 2.34. The molecule has 0 bridgehead atoms. The second-order valence-corrected chi connectivity index (χ2v) is 7.73. The van der Waals surface area contributed by atoms with Gasteiger partial charge >= 0.3 is 0 Å². The first-order valence-electron chi connectivity index (χ1n) is 10.4. The Morgan fingerprint density at radius 3 is 1.48 bits per heavy atom. The molecule has 0 aliphatic heterocycles. The molecular formula is C25H18N6O2. The highest BCUT2D eigenvalue weighted by Gasteiger charge is 2.17. The number of para-hydroxylation sites is 4. The number of benzene rings is 4. The van der Waals surface area contributed by atoms with Crippen LogP contribution in [0.5, 0.6) is 11.5 Å². The third-order valence-corrected chi connectivity index (χ3v) is 5.74. The van der Waals surface area contributed by atoms with Gasteiger partial charge in [0.05, 0.1) is 11.0 Å². The lowest BCUT2D eigenvalue weighted by Crippen LogP contribution is -2.01. The minimum atomic E-state index is 0.0872. The van der Waals surface area contributed by atoms with Gasteiger partial charge in [0, 0.05) is 17.5 Å². The molecule has 6 aromatic rings. The topological polar surface area (TPSA) is 102 Å². The molecule has 2 aromatic heterocycles. The monoisotopic (exact) mass is 434 g/mol. The van der Waals surface area contributed by atoms with Gasteiger partial charge in [-0.25, -0.2) is 9.36 Å². The first-order chi connectivity index (χ1) is 16.2. The number of aromatic nitrogens is 6. The van der Waals surface area contributed by atoms with E-state index in [9.17, 15) is 10.2 Å². The molecule has 0 saturated carbocycles. The van der Waals surface area contributed by atoms with E-state index in [-0.39, 0.29) is 11.5 Å². The van der Waals surface area contributed by atoms with Gasteiger partial charge in [-0.05, 0) is 36.4 Å². The number of phenols is 2. The van der Waals surface area contributed by atoms with E-state index in [0.29, 0.717) is 28.9 Å². The van der Waals surface area contributed by atoms with Crippen molar-refractivity contribution in [3.05, 3.63) is 96.1 Å². The highest BCUT2D eigenvalue weighted by molar-refractivity contribution is 5.78. The maximum Gasteiger partial charge on any atom is 0.144 e. The Labute approximate surface area is 188 Å². The number of fused-ring (bicyclic) bond motifs is 2. The first kappa shape index (κ1) is 19.0. The van der Waals surface area contributed by atoms with Crippen LogP contribution in [-0.4, -0.2) is 40.2 Å². The van der Waals surface area contributed by atoms with Crippen LogP contribution >= 0.6 is 0 Å². The summed E-state index contributed by atoms with van der Waals surface area (Å²) in [6.07, 6.45) is 0.318. The molecule has 8 nitrogen and oxygen atoms in total. The van der Waals surface area contributed by atoms with Gasteiger partial charge in [-0.1, -0.05) is 59.0 Å². The molecule has 2 N–H and O–H groups in total. The van der Waals surface area contributed by atoms with Gasteiger partial charge in [0.1, 0.15) is 33.9 Å². The molecule has 0 fully saturated rings. The predicted molar refractivity (Wildman–Crippen MR) is 124 cm³/mol. The number of hydrogen-bond acceptors (Lipinski definition) is 6. The van der Waals surface area contributed by atoms with Crippen molar-refractivity contribution in [3.63, 3.8) is 0 Å². The van der Waals surface area contributed by atoms with Crippen LogP contribution in [0.25, 0.3) is 33.4 Å². The average Bonchev–Trinajstić information content (AvgIpc) is 3.46. The van der Waals surface area contributed by atoms with Crippen molar-refractivity contribution in [2.24, 2.45) is 0 Å². The Bertz CT molecular complexity index is 1510. The fourth-order valence-electron chi connectivity index (χ4n) is 4.08. The summed E-state index contributed by atoms with van der Waals surface area (Å²) in [7, 11) is 0. The summed E-state index contributed by atoms with van der Waals surface area (Å²) >= 11 is 0. The molecule has 0 radical (unpaired) electrons. The van der Waals surface area contributed by atoms with E-state index in [4.69, 9.17) is 0 Å². The van der Waals surface area contributed by atoms with Crippen LogP contribution in [0.3, 0.4) is 0 Å². The zero-order chi connectivity index (χ0) is 22.4. The molecule has 0 atom stereocenters. The summed E-state index contributed by atoms with van der Waals surface area (Å²) in [6.45, 7) is 0. The van der Waals surface area contributed by atoms with E-state index in [1.807, 2.05) is 72.8 Å². The average molecular weight is 434 g/mol. The Kier molecular flexibility index (Phi) is 4.29. The smallest absolute Gasteiger partial charge is 0.144 e. The number of nitrogens with zero attached hydrogens (tertiary/aromatic N) is 6. The van der Waals surface area contributed by atoms with Crippen molar-refractivity contribution in [2.75, 3.05) is 0 Å². The summed E-state index contributed by atoms with van der Waals surface area (Å²) in [5.74, 6) is 0.174. The third kappa shape index (κ3) is 3.08.